The van der Waals surface area contributed by atoms with Crippen molar-refractivity contribution in [2.75, 3.05) is 5.75 Å². The van der Waals surface area contributed by atoms with Crippen LogP contribution in [0.25, 0.3) is 0 Å². The zero-order valence-corrected chi connectivity index (χ0v) is 15.5. The second kappa shape index (κ2) is 10.8. The maximum absolute atomic E-state index is 11.8. The molecule has 22 heavy (non-hydrogen) atoms. The first-order valence-corrected chi connectivity index (χ1v) is 10.3. The van der Waals surface area contributed by atoms with E-state index >= 15 is 0 Å². The molecule has 0 amide bonds. The number of nitrogens with zero attached hydrogens (tertiary/aromatic N) is 1. The summed E-state index contributed by atoms with van der Waals surface area (Å²) < 4.78 is 24.5. The molecule has 1 aromatic carbocycles. The van der Waals surface area contributed by atoms with Gasteiger partial charge in [0.1, 0.15) is 0 Å². The van der Waals surface area contributed by atoms with Crippen molar-refractivity contribution < 1.29 is 8.42 Å². The smallest absolute Gasteiger partial charge is 0.205 e. The van der Waals surface area contributed by atoms with E-state index in [0.29, 0.717) is 6.42 Å². The fourth-order valence-corrected chi connectivity index (χ4v) is 3.18. The zero-order chi connectivity index (χ0) is 16.3. The summed E-state index contributed by atoms with van der Waals surface area (Å²) in [5.41, 5.74) is 0.849. The second-order valence-electron chi connectivity index (χ2n) is 5.34. The lowest BCUT2D eigenvalue weighted by Crippen LogP contribution is -2.21. The molecule has 1 N–H and O–H groups in total. The molecule has 1 aromatic rings. The standard InChI is InChI=1S/C16H25BrN2O2S/c1-2-3-4-5-6-7-8-13-22(20,21)19-18-14-15-9-11-16(17)12-10-15/h9-12,14,19H,2-8,13H2,1H3/b18-14-. The summed E-state index contributed by atoms with van der Waals surface area (Å²) in [7, 11) is -3.31. The summed E-state index contributed by atoms with van der Waals surface area (Å²) in [6, 6.07) is 7.49. The molecule has 0 aliphatic heterocycles. The number of nitrogens with one attached hydrogen (secondary N) is 1. The minimum Gasteiger partial charge on any atom is -0.205 e. The molecule has 4 nitrogen and oxygen atoms in total. The van der Waals surface area contributed by atoms with Crippen LogP contribution in [-0.4, -0.2) is 20.4 Å². The minimum atomic E-state index is -3.31. The fraction of sp³-hybridized carbons (Fsp3) is 0.562. The van der Waals surface area contributed by atoms with E-state index < -0.39 is 10.0 Å². The highest BCUT2D eigenvalue weighted by Gasteiger charge is 2.07. The number of halogens is 1. The van der Waals surface area contributed by atoms with Crippen LogP contribution in [0.15, 0.2) is 33.8 Å². The maximum Gasteiger partial charge on any atom is 0.247 e. The molecule has 0 aromatic heterocycles. The van der Waals surface area contributed by atoms with Crippen molar-refractivity contribution in [3.8, 4) is 0 Å². The highest BCUT2D eigenvalue weighted by atomic mass is 79.9. The third-order valence-electron chi connectivity index (χ3n) is 3.29. The van der Waals surface area contributed by atoms with Crippen LogP contribution in [0.5, 0.6) is 0 Å². The van der Waals surface area contributed by atoms with E-state index in [0.717, 1.165) is 22.9 Å². The third-order valence-corrected chi connectivity index (χ3v) is 5.03. The summed E-state index contributed by atoms with van der Waals surface area (Å²) in [4.78, 5) is 2.26. The monoisotopic (exact) mass is 388 g/mol. The molecule has 0 saturated carbocycles. The van der Waals surface area contributed by atoms with E-state index in [1.807, 2.05) is 24.3 Å². The Morgan fingerprint density at radius 1 is 1.05 bits per heavy atom. The normalized spacial score (nSPS) is 11.9. The molecule has 6 heteroatoms. The van der Waals surface area contributed by atoms with Gasteiger partial charge < -0.3 is 0 Å². The molecule has 0 atom stereocenters. The Morgan fingerprint density at radius 2 is 1.64 bits per heavy atom. The van der Waals surface area contributed by atoms with Crippen molar-refractivity contribution >= 4 is 32.2 Å². The Kier molecular flexibility index (Phi) is 9.39. The van der Waals surface area contributed by atoms with Gasteiger partial charge in [-0.2, -0.15) is 5.10 Å². The highest BCUT2D eigenvalue weighted by molar-refractivity contribution is 9.10. The quantitative estimate of drug-likeness (QED) is 0.345. The lowest BCUT2D eigenvalue weighted by molar-refractivity contribution is 0.570. The lowest BCUT2D eigenvalue weighted by Gasteiger charge is -2.03. The van der Waals surface area contributed by atoms with Gasteiger partial charge in [0.15, 0.2) is 0 Å². The Labute approximate surface area is 142 Å². The summed E-state index contributed by atoms with van der Waals surface area (Å²) >= 11 is 3.34. The van der Waals surface area contributed by atoms with Gasteiger partial charge in [-0.3, -0.25) is 0 Å². The molecule has 0 spiro atoms. The van der Waals surface area contributed by atoms with Crippen molar-refractivity contribution in [3.05, 3.63) is 34.3 Å². The number of unbranched alkanes of at least 4 members (excludes halogenated alkanes) is 6. The summed E-state index contributed by atoms with van der Waals surface area (Å²) in [5.74, 6) is 0.137. The average Bonchev–Trinajstić information content (AvgIpc) is 2.48. The summed E-state index contributed by atoms with van der Waals surface area (Å²) in [5, 5.41) is 3.80. The molecular formula is C16H25BrN2O2S. The molecule has 0 radical (unpaired) electrons. The Bertz CT molecular complexity index is 542. The van der Waals surface area contributed by atoms with Gasteiger partial charge >= 0.3 is 0 Å². The SMILES string of the molecule is CCCCCCCCCS(=O)(=O)N/N=C\c1ccc(Br)cc1. The van der Waals surface area contributed by atoms with E-state index in [1.54, 1.807) is 0 Å². The molecule has 0 bridgehead atoms. The Morgan fingerprint density at radius 3 is 2.27 bits per heavy atom. The van der Waals surface area contributed by atoms with Gasteiger partial charge in [0.05, 0.1) is 12.0 Å². The van der Waals surface area contributed by atoms with Gasteiger partial charge in [-0.1, -0.05) is 73.5 Å². The van der Waals surface area contributed by atoms with E-state index in [2.05, 4.69) is 32.8 Å². The Hall–Kier alpha value is -0.880. The van der Waals surface area contributed by atoms with E-state index in [-0.39, 0.29) is 5.75 Å². The van der Waals surface area contributed by atoms with Crippen molar-refractivity contribution in [2.24, 2.45) is 5.10 Å². The molecule has 0 fully saturated rings. The molecule has 1 rings (SSSR count). The van der Waals surface area contributed by atoms with Crippen molar-refractivity contribution in [2.45, 2.75) is 51.9 Å². The van der Waals surface area contributed by atoms with Crippen LogP contribution in [0.3, 0.4) is 0 Å². The molecule has 0 aliphatic carbocycles. The van der Waals surface area contributed by atoms with Gasteiger partial charge in [-0.25, -0.2) is 13.2 Å². The first-order valence-electron chi connectivity index (χ1n) is 7.81. The van der Waals surface area contributed by atoms with Gasteiger partial charge in [-0.05, 0) is 24.1 Å². The molecule has 0 unspecified atom stereocenters. The van der Waals surface area contributed by atoms with Crippen LogP contribution >= 0.6 is 15.9 Å². The average molecular weight is 389 g/mol. The highest BCUT2D eigenvalue weighted by Crippen LogP contribution is 2.09. The van der Waals surface area contributed by atoms with E-state index in [1.165, 1.54) is 31.9 Å². The fourth-order valence-electron chi connectivity index (χ4n) is 2.02. The predicted octanol–water partition coefficient (Wildman–Crippen LogP) is 4.45. The van der Waals surface area contributed by atoms with Crippen LogP contribution in [0.4, 0.5) is 0 Å². The van der Waals surface area contributed by atoms with Crippen molar-refractivity contribution in [1.82, 2.24) is 4.83 Å². The first-order chi connectivity index (χ1) is 10.5. The number of hydrogen-bond donors (Lipinski definition) is 1. The van der Waals surface area contributed by atoms with E-state index in [9.17, 15) is 8.42 Å². The number of rotatable bonds is 11. The molecule has 0 saturated heterocycles. The van der Waals surface area contributed by atoms with Crippen molar-refractivity contribution in [3.63, 3.8) is 0 Å². The van der Waals surface area contributed by atoms with Crippen molar-refractivity contribution in [1.29, 1.82) is 0 Å². The number of hydrazone groups is 1. The lowest BCUT2D eigenvalue weighted by atomic mass is 10.1. The third kappa shape index (κ3) is 9.20. The van der Waals surface area contributed by atoms with Crippen LogP contribution in [0.1, 0.15) is 57.4 Å². The number of benzene rings is 1. The molecule has 0 heterocycles. The Balaban J connectivity index is 2.22. The molecule has 0 aliphatic rings. The number of sulfonamides is 1. The maximum atomic E-state index is 11.8. The van der Waals surface area contributed by atoms with Gasteiger partial charge in [-0.15, -0.1) is 0 Å². The van der Waals surface area contributed by atoms with Gasteiger partial charge in [0, 0.05) is 4.47 Å². The van der Waals surface area contributed by atoms with Crippen LogP contribution in [0.2, 0.25) is 0 Å². The molecule has 124 valence electrons. The summed E-state index contributed by atoms with van der Waals surface area (Å²) in [6.07, 6.45) is 9.21. The van der Waals surface area contributed by atoms with E-state index in [4.69, 9.17) is 0 Å². The van der Waals surface area contributed by atoms with Gasteiger partial charge in [0.25, 0.3) is 0 Å². The van der Waals surface area contributed by atoms with Crippen LogP contribution < -0.4 is 4.83 Å². The topological polar surface area (TPSA) is 58.5 Å². The molecular weight excluding hydrogens is 364 g/mol. The first kappa shape index (κ1) is 19.2. The van der Waals surface area contributed by atoms with Gasteiger partial charge in [0.2, 0.25) is 10.0 Å². The second-order valence-corrected chi connectivity index (χ2v) is 8.08. The zero-order valence-electron chi connectivity index (χ0n) is 13.1. The predicted molar refractivity (Wildman–Crippen MR) is 96.7 cm³/mol. The largest absolute Gasteiger partial charge is 0.247 e. The summed E-state index contributed by atoms with van der Waals surface area (Å²) in [6.45, 7) is 2.19. The minimum absolute atomic E-state index is 0.137. The van der Waals surface area contributed by atoms with Crippen LogP contribution in [-0.2, 0) is 10.0 Å². The van der Waals surface area contributed by atoms with Crippen LogP contribution in [0, 0.1) is 0 Å². The number of hydrogen-bond acceptors (Lipinski definition) is 3.